The van der Waals surface area contributed by atoms with Gasteiger partial charge in [0.1, 0.15) is 0 Å². The topological polar surface area (TPSA) is 58.2 Å². The molecule has 0 amide bonds. The summed E-state index contributed by atoms with van der Waals surface area (Å²) in [5, 5.41) is 3.50. The molecule has 0 fully saturated rings. The highest BCUT2D eigenvalue weighted by atomic mass is 35.5. The summed E-state index contributed by atoms with van der Waals surface area (Å²) >= 11 is 6.04. The lowest BCUT2D eigenvalue weighted by molar-refractivity contribution is 0.595. The Kier molecular flexibility index (Phi) is 5.91. The smallest absolute Gasteiger partial charge is 0.234 e. The summed E-state index contributed by atoms with van der Waals surface area (Å²) in [5.74, 6) is 0.0390. The van der Waals surface area contributed by atoms with Crippen LogP contribution in [0.15, 0.2) is 18.2 Å². The first-order valence-electron chi connectivity index (χ1n) is 5.92. The molecular formula is C12H19ClN2O2S. The van der Waals surface area contributed by atoms with Gasteiger partial charge in [-0.1, -0.05) is 30.7 Å². The van der Waals surface area contributed by atoms with Gasteiger partial charge in [-0.25, -0.2) is 8.42 Å². The minimum atomic E-state index is -3.35. The van der Waals surface area contributed by atoms with Crippen molar-refractivity contribution in [2.24, 2.45) is 0 Å². The molecule has 102 valence electrons. The molecule has 18 heavy (non-hydrogen) atoms. The van der Waals surface area contributed by atoms with Crippen LogP contribution in [0, 0.1) is 6.92 Å². The molecule has 0 aliphatic carbocycles. The highest BCUT2D eigenvalue weighted by Crippen LogP contribution is 2.25. The number of aryl methyl sites for hydroxylation is 1. The van der Waals surface area contributed by atoms with Crippen LogP contribution in [0.4, 0.5) is 5.69 Å². The molecule has 1 rings (SSSR count). The van der Waals surface area contributed by atoms with Crippen LogP contribution in [0.2, 0.25) is 5.02 Å². The fourth-order valence-electron chi connectivity index (χ4n) is 1.45. The van der Waals surface area contributed by atoms with Crippen LogP contribution in [0.3, 0.4) is 0 Å². The molecule has 0 aromatic heterocycles. The number of nitrogens with one attached hydrogen (secondary N) is 2. The summed E-state index contributed by atoms with van der Waals surface area (Å²) in [6.07, 6.45) is 0.983. The Labute approximate surface area is 114 Å². The molecule has 0 radical (unpaired) electrons. The lowest BCUT2D eigenvalue weighted by Crippen LogP contribution is -2.27. The number of halogens is 1. The lowest BCUT2D eigenvalue weighted by Gasteiger charge is -2.11. The molecule has 0 heterocycles. The van der Waals surface area contributed by atoms with E-state index in [1.165, 1.54) is 0 Å². The standard InChI is InChI=1S/C12H19ClN2O2S/c1-3-7-14-8-9-18(16,17)15-11-6-4-5-10(2)12(11)13/h4-6,14-15H,3,7-9H2,1-2H3. The summed E-state index contributed by atoms with van der Waals surface area (Å²) < 4.78 is 26.1. The third-order valence-electron chi connectivity index (χ3n) is 2.43. The fourth-order valence-corrected chi connectivity index (χ4v) is 2.70. The molecule has 0 bridgehead atoms. The monoisotopic (exact) mass is 290 g/mol. The van der Waals surface area contributed by atoms with Crippen molar-refractivity contribution in [3.63, 3.8) is 0 Å². The Morgan fingerprint density at radius 2 is 2.00 bits per heavy atom. The van der Waals surface area contributed by atoms with Crippen LogP contribution in [0.25, 0.3) is 0 Å². The molecule has 4 nitrogen and oxygen atoms in total. The van der Waals surface area contributed by atoms with Crippen molar-refractivity contribution in [2.45, 2.75) is 20.3 Å². The Morgan fingerprint density at radius 1 is 1.28 bits per heavy atom. The van der Waals surface area contributed by atoms with Crippen molar-refractivity contribution in [1.29, 1.82) is 0 Å². The Bertz CT molecular complexity index is 489. The molecule has 0 unspecified atom stereocenters. The summed E-state index contributed by atoms with van der Waals surface area (Å²) in [6.45, 7) is 5.13. The predicted octanol–water partition coefficient (Wildman–Crippen LogP) is 2.39. The van der Waals surface area contributed by atoms with Crippen LogP contribution in [0.1, 0.15) is 18.9 Å². The zero-order valence-corrected chi connectivity index (χ0v) is 12.2. The van der Waals surface area contributed by atoms with Crippen molar-refractivity contribution in [2.75, 3.05) is 23.6 Å². The second-order valence-electron chi connectivity index (χ2n) is 4.11. The first kappa shape index (κ1) is 15.3. The van der Waals surface area contributed by atoms with Crippen molar-refractivity contribution in [3.8, 4) is 0 Å². The Balaban J connectivity index is 2.62. The van der Waals surface area contributed by atoms with Gasteiger partial charge in [0.2, 0.25) is 10.0 Å². The Hall–Kier alpha value is -0.780. The summed E-state index contributed by atoms with van der Waals surface area (Å²) in [7, 11) is -3.35. The molecule has 0 saturated carbocycles. The maximum Gasteiger partial charge on any atom is 0.234 e. The van der Waals surface area contributed by atoms with E-state index < -0.39 is 10.0 Å². The summed E-state index contributed by atoms with van der Waals surface area (Å²) in [6, 6.07) is 5.27. The van der Waals surface area contributed by atoms with Crippen molar-refractivity contribution in [1.82, 2.24) is 5.32 Å². The molecule has 0 atom stereocenters. The minimum Gasteiger partial charge on any atom is -0.316 e. The molecule has 1 aromatic carbocycles. The third kappa shape index (κ3) is 4.84. The second kappa shape index (κ2) is 6.97. The normalized spacial score (nSPS) is 11.5. The van der Waals surface area contributed by atoms with Gasteiger partial charge < -0.3 is 5.32 Å². The average molecular weight is 291 g/mol. The molecule has 6 heteroatoms. The zero-order valence-electron chi connectivity index (χ0n) is 10.7. The summed E-state index contributed by atoms with van der Waals surface area (Å²) in [5.41, 5.74) is 1.29. The van der Waals surface area contributed by atoms with Gasteiger partial charge in [-0.15, -0.1) is 0 Å². The van der Waals surface area contributed by atoms with Crippen molar-refractivity contribution in [3.05, 3.63) is 28.8 Å². The maximum atomic E-state index is 11.8. The largest absolute Gasteiger partial charge is 0.316 e. The van der Waals surface area contributed by atoms with E-state index in [0.29, 0.717) is 17.3 Å². The van der Waals surface area contributed by atoms with Crippen LogP contribution in [-0.4, -0.2) is 27.3 Å². The van der Waals surface area contributed by atoms with Crippen LogP contribution < -0.4 is 10.0 Å². The first-order chi connectivity index (χ1) is 8.46. The van der Waals surface area contributed by atoms with E-state index in [0.717, 1.165) is 18.5 Å². The number of benzene rings is 1. The second-order valence-corrected chi connectivity index (χ2v) is 6.33. The molecule has 2 N–H and O–H groups in total. The van der Waals surface area contributed by atoms with Gasteiger partial charge in [-0.3, -0.25) is 4.72 Å². The first-order valence-corrected chi connectivity index (χ1v) is 7.95. The molecule has 0 spiro atoms. The van der Waals surface area contributed by atoms with Gasteiger partial charge in [-0.05, 0) is 31.5 Å². The highest BCUT2D eigenvalue weighted by molar-refractivity contribution is 7.92. The summed E-state index contributed by atoms with van der Waals surface area (Å²) in [4.78, 5) is 0. The van der Waals surface area contributed by atoms with E-state index in [1.54, 1.807) is 12.1 Å². The molecule has 0 aliphatic heterocycles. The van der Waals surface area contributed by atoms with Gasteiger partial charge >= 0.3 is 0 Å². The van der Waals surface area contributed by atoms with E-state index in [4.69, 9.17) is 11.6 Å². The number of hydrogen-bond acceptors (Lipinski definition) is 3. The minimum absolute atomic E-state index is 0.0390. The molecule has 1 aromatic rings. The quantitative estimate of drug-likeness (QED) is 0.758. The number of hydrogen-bond donors (Lipinski definition) is 2. The molecule has 0 aliphatic rings. The number of sulfonamides is 1. The number of rotatable bonds is 7. The molecule has 0 saturated heterocycles. The average Bonchev–Trinajstić information content (AvgIpc) is 2.31. The van der Waals surface area contributed by atoms with E-state index >= 15 is 0 Å². The van der Waals surface area contributed by atoms with Gasteiger partial charge in [0.15, 0.2) is 0 Å². The van der Waals surface area contributed by atoms with E-state index in [-0.39, 0.29) is 5.75 Å². The number of anilines is 1. The van der Waals surface area contributed by atoms with Crippen molar-refractivity contribution < 1.29 is 8.42 Å². The highest BCUT2D eigenvalue weighted by Gasteiger charge is 2.12. The Morgan fingerprint density at radius 3 is 2.67 bits per heavy atom. The van der Waals surface area contributed by atoms with Gasteiger partial charge in [0, 0.05) is 6.54 Å². The predicted molar refractivity (Wildman–Crippen MR) is 76.8 cm³/mol. The van der Waals surface area contributed by atoms with E-state index in [2.05, 4.69) is 10.0 Å². The van der Waals surface area contributed by atoms with E-state index in [9.17, 15) is 8.42 Å². The third-order valence-corrected chi connectivity index (χ3v) is 4.21. The van der Waals surface area contributed by atoms with Crippen molar-refractivity contribution >= 4 is 27.3 Å². The fraction of sp³-hybridized carbons (Fsp3) is 0.500. The SMILES string of the molecule is CCCNCCS(=O)(=O)Nc1cccc(C)c1Cl. The van der Waals surface area contributed by atoms with Gasteiger partial charge in [0.25, 0.3) is 0 Å². The van der Waals surface area contributed by atoms with Crippen LogP contribution in [-0.2, 0) is 10.0 Å². The van der Waals surface area contributed by atoms with Crippen LogP contribution in [0.5, 0.6) is 0 Å². The lowest BCUT2D eigenvalue weighted by atomic mass is 10.2. The van der Waals surface area contributed by atoms with E-state index in [1.807, 2.05) is 19.9 Å². The maximum absolute atomic E-state index is 11.8. The van der Waals surface area contributed by atoms with Gasteiger partial charge in [0.05, 0.1) is 16.5 Å². The van der Waals surface area contributed by atoms with Crippen LogP contribution >= 0.6 is 11.6 Å². The van der Waals surface area contributed by atoms with Gasteiger partial charge in [-0.2, -0.15) is 0 Å². The molecular weight excluding hydrogens is 272 g/mol. The zero-order chi connectivity index (χ0) is 13.6.